The van der Waals surface area contributed by atoms with Crippen LogP contribution < -0.4 is 5.73 Å². The fraction of sp³-hybridized carbons (Fsp3) is 0.917. The van der Waals surface area contributed by atoms with E-state index >= 15 is 0 Å². The van der Waals surface area contributed by atoms with E-state index in [9.17, 15) is 4.79 Å². The molecule has 0 bridgehead atoms. The smallest absolute Gasteiger partial charge is 0.229 e. The molecule has 0 radical (unpaired) electrons. The van der Waals surface area contributed by atoms with E-state index in [4.69, 9.17) is 5.73 Å². The summed E-state index contributed by atoms with van der Waals surface area (Å²) in [6, 6.07) is 0. The standard InChI is InChI=1S/C12H26N2O/c1-7-12(5,8-13)10(15)14(6)9-11(2,3)4/h7-9,13H2,1-6H3. The molecule has 0 aromatic heterocycles. The lowest BCUT2D eigenvalue weighted by Crippen LogP contribution is -2.46. The van der Waals surface area contributed by atoms with Gasteiger partial charge in [-0.05, 0) is 18.8 Å². The highest BCUT2D eigenvalue weighted by Gasteiger charge is 2.33. The average molecular weight is 214 g/mol. The number of carbonyl (C=O) groups excluding carboxylic acids is 1. The summed E-state index contributed by atoms with van der Waals surface area (Å²) in [5.74, 6) is 0.155. The zero-order chi connectivity index (χ0) is 12.3. The maximum absolute atomic E-state index is 12.2. The summed E-state index contributed by atoms with van der Waals surface area (Å²) < 4.78 is 0. The zero-order valence-corrected chi connectivity index (χ0v) is 11.1. The van der Waals surface area contributed by atoms with E-state index in [1.807, 2.05) is 20.9 Å². The van der Waals surface area contributed by atoms with Crippen LogP contribution in [-0.2, 0) is 4.79 Å². The van der Waals surface area contributed by atoms with Crippen LogP contribution in [0.5, 0.6) is 0 Å². The molecule has 0 fully saturated rings. The minimum absolute atomic E-state index is 0.133. The molecule has 3 nitrogen and oxygen atoms in total. The lowest BCUT2D eigenvalue weighted by Gasteiger charge is -2.34. The number of nitrogens with zero attached hydrogens (tertiary/aromatic N) is 1. The van der Waals surface area contributed by atoms with Gasteiger partial charge in [0.1, 0.15) is 0 Å². The van der Waals surface area contributed by atoms with Gasteiger partial charge in [-0.3, -0.25) is 4.79 Å². The second-order valence-corrected chi connectivity index (χ2v) is 5.84. The number of rotatable bonds is 4. The lowest BCUT2D eigenvalue weighted by atomic mass is 9.85. The van der Waals surface area contributed by atoms with Crippen LogP contribution in [-0.4, -0.2) is 30.9 Å². The quantitative estimate of drug-likeness (QED) is 0.776. The Morgan fingerprint density at radius 3 is 2.00 bits per heavy atom. The first-order valence-electron chi connectivity index (χ1n) is 5.62. The fourth-order valence-electron chi connectivity index (χ4n) is 1.63. The summed E-state index contributed by atoms with van der Waals surface area (Å²) in [5.41, 5.74) is 5.40. The van der Waals surface area contributed by atoms with Crippen molar-refractivity contribution in [3.8, 4) is 0 Å². The third-order valence-corrected chi connectivity index (χ3v) is 2.81. The van der Waals surface area contributed by atoms with Crippen LogP contribution in [0, 0.1) is 10.8 Å². The molecule has 0 rings (SSSR count). The van der Waals surface area contributed by atoms with Gasteiger partial charge in [0.15, 0.2) is 0 Å². The van der Waals surface area contributed by atoms with E-state index < -0.39 is 5.41 Å². The summed E-state index contributed by atoms with van der Waals surface area (Å²) in [4.78, 5) is 14.0. The number of hydrogen-bond donors (Lipinski definition) is 1. The normalized spacial score (nSPS) is 15.9. The van der Waals surface area contributed by atoms with E-state index in [1.165, 1.54) is 0 Å². The Labute approximate surface area is 94.0 Å². The van der Waals surface area contributed by atoms with E-state index in [1.54, 1.807) is 4.90 Å². The lowest BCUT2D eigenvalue weighted by molar-refractivity contribution is -0.140. The van der Waals surface area contributed by atoms with Gasteiger partial charge < -0.3 is 10.6 Å². The van der Waals surface area contributed by atoms with Crippen molar-refractivity contribution in [2.24, 2.45) is 16.6 Å². The highest BCUT2D eigenvalue weighted by atomic mass is 16.2. The van der Waals surface area contributed by atoms with Gasteiger partial charge in [0.05, 0.1) is 5.41 Å². The summed E-state index contributed by atoms with van der Waals surface area (Å²) in [6.07, 6.45) is 0.789. The molecule has 0 saturated heterocycles. The summed E-state index contributed by atoms with van der Waals surface area (Å²) in [5, 5.41) is 0. The third-order valence-electron chi connectivity index (χ3n) is 2.81. The summed E-state index contributed by atoms with van der Waals surface area (Å²) in [7, 11) is 1.86. The van der Waals surface area contributed by atoms with Gasteiger partial charge in [0.25, 0.3) is 0 Å². The predicted octanol–water partition coefficient (Wildman–Crippen LogP) is 1.87. The first-order chi connectivity index (χ1) is 6.66. The minimum Gasteiger partial charge on any atom is -0.345 e. The van der Waals surface area contributed by atoms with Crippen molar-refractivity contribution in [2.75, 3.05) is 20.1 Å². The largest absolute Gasteiger partial charge is 0.345 e. The van der Waals surface area contributed by atoms with Crippen molar-refractivity contribution >= 4 is 5.91 Å². The fourth-order valence-corrected chi connectivity index (χ4v) is 1.63. The highest BCUT2D eigenvalue weighted by molar-refractivity contribution is 5.82. The van der Waals surface area contributed by atoms with Gasteiger partial charge in [-0.15, -0.1) is 0 Å². The van der Waals surface area contributed by atoms with Crippen LogP contribution in [0.3, 0.4) is 0 Å². The van der Waals surface area contributed by atoms with Crippen molar-refractivity contribution in [3.63, 3.8) is 0 Å². The molecule has 0 heterocycles. The molecule has 0 aromatic rings. The molecule has 3 heteroatoms. The van der Waals surface area contributed by atoms with Gasteiger partial charge in [-0.1, -0.05) is 27.7 Å². The Morgan fingerprint density at radius 2 is 1.73 bits per heavy atom. The number of carbonyl (C=O) groups is 1. The Kier molecular flexibility index (Phi) is 4.78. The highest BCUT2D eigenvalue weighted by Crippen LogP contribution is 2.24. The van der Waals surface area contributed by atoms with Gasteiger partial charge in [0.2, 0.25) is 5.91 Å². The Hall–Kier alpha value is -0.570. The number of hydrogen-bond acceptors (Lipinski definition) is 2. The second kappa shape index (κ2) is 4.97. The van der Waals surface area contributed by atoms with Crippen LogP contribution in [0.1, 0.15) is 41.0 Å². The van der Waals surface area contributed by atoms with Crippen LogP contribution in [0.25, 0.3) is 0 Å². The molecule has 1 amide bonds. The molecule has 0 aliphatic rings. The van der Waals surface area contributed by atoms with Gasteiger partial charge in [0, 0.05) is 20.1 Å². The number of amides is 1. The number of nitrogens with two attached hydrogens (primary N) is 1. The Bertz CT molecular complexity index is 214. The molecule has 1 atom stereocenters. The van der Waals surface area contributed by atoms with Crippen molar-refractivity contribution in [3.05, 3.63) is 0 Å². The van der Waals surface area contributed by atoms with Crippen molar-refractivity contribution < 1.29 is 4.79 Å². The second-order valence-electron chi connectivity index (χ2n) is 5.84. The van der Waals surface area contributed by atoms with Gasteiger partial charge in [-0.2, -0.15) is 0 Å². The third kappa shape index (κ3) is 4.20. The molecule has 90 valence electrons. The molecule has 0 saturated carbocycles. The molecule has 15 heavy (non-hydrogen) atoms. The van der Waals surface area contributed by atoms with Gasteiger partial charge >= 0.3 is 0 Å². The first-order valence-corrected chi connectivity index (χ1v) is 5.62. The van der Waals surface area contributed by atoms with E-state index in [0.29, 0.717) is 6.54 Å². The Morgan fingerprint density at radius 1 is 1.27 bits per heavy atom. The molecular weight excluding hydrogens is 188 g/mol. The van der Waals surface area contributed by atoms with E-state index in [0.717, 1.165) is 13.0 Å². The topological polar surface area (TPSA) is 46.3 Å². The predicted molar refractivity (Wildman–Crippen MR) is 64.5 cm³/mol. The van der Waals surface area contributed by atoms with E-state index in [2.05, 4.69) is 20.8 Å². The molecule has 0 aliphatic heterocycles. The van der Waals surface area contributed by atoms with Crippen LogP contribution >= 0.6 is 0 Å². The monoisotopic (exact) mass is 214 g/mol. The SMILES string of the molecule is CCC(C)(CN)C(=O)N(C)CC(C)(C)C. The Balaban J connectivity index is 4.57. The van der Waals surface area contributed by atoms with Crippen LogP contribution in [0.4, 0.5) is 0 Å². The van der Waals surface area contributed by atoms with Crippen molar-refractivity contribution in [2.45, 2.75) is 41.0 Å². The van der Waals surface area contributed by atoms with E-state index in [-0.39, 0.29) is 11.3 Å². The van der Waals surface area contributed by atoms with Crippen molar-refractivity contribution in [1.82, 2.24) is 4.90 Å². The maximum Gasteiger partial charge on any atom is 0.229 e. The average Bonchev–Trinajstić information content (AvgIpc) is 2.12. The molecule has 0 aromatic carbocycles. The zero-order valence-electron chi connectivity index (χ0n) is 11.1. The maximum atomic E-state index is 12.2. The molecule has 0 aliphatic carbocycles. The minimum atomic E-state index is -0.403. The molecule has 2 N–H and O–H groups in total. The van der Waals surface area contributed by atoms with Crippen LogP contribution in [0.15, 0.2) is 0 Å². The van der Waals surface area contributed by atoms with Gasteiger partial charge in [-0.25, -0.2) is 0 Å². The molecular formula is C12H26N2O. The molecule has 1 unspecified atom stereocenters. The molecule has 0 spiro atoms. The summed E-state index contributed by atoms with van der Waals surface area (Å²) in [6.45, 7) is 11.5. The van der Waals surface area contributed by atoms with Crippen molar-refractivity contribution in [1.29, 1.82) is 0 Å². The first kappa shape index (κ1) is 14.4. The van der Waals surface area contributed by atoms with Crippen LogP contribution in [0.2, 0.25) is 0 Å². The summed E-state index contributed by atoms with van der Waals surface area (Å²) >= 11 is 0.